The van der Waals surface area contributed by atoms with Crippen molar-refractivity contribution in [2.24, 2.45) is 0 Å². The van der Waals surface area contributed by atoms with Crippen LogP contribution in [0.2, 0.25) is 0 Å². The molecule has 0 aliphatic carbocycles. The monoisotopic (exact) mass is 294 g/mol. The summed E-state index contributed by atoms with van der Waals surface area (Å²) in [5, 5.41) is 0. The summed E-state index contributed by atoms with van der Waals surface area (Å²) in [7, 11) is 0. The quantitative estimate of drug-likeness (QED) is 0.779. The van der Waals surface area contributed by atoms with Gasteiger partial charge in [-0.15, -0.1) is 0 Å². The predicted molar refractivity (Wildman–Crippen MR) is 81.5 cm³/mol. The Morgan fingerprint density at radius 1 is 0.864 bits per heavy atom. The Morgan fingerprint density at radius 3 is 2.41 bits per heavy atom. The molecule has 0 atom stereocenters. The maximum absolute atomic E-state index is 5.60. The van der Waals surface area contributed by atoms with Crippen molar-refractivity contribution in [2.45, 2.75) is 6.61 Å². The summed E-state index contributed by atoms with van der Waals surface area (Å²) < 4.78 is 11.2. The summed E-state index contributed by atoms with van der Waals surface area (Å²) in [6.07, 6.45) is 3.28. The molecule has 2 N–H and O–H groups in total. The molecule has 2 aromatic heterocycles. The first-order valence-corrected chi connectivity index (χ1v) is 6.69. The van der Waals surface area contributed by atoms with Crippen LogP contribution in [0.1, 0.15) is 5.82 Å². The highest BCUT2D eigenvalue weighted by molar-refractivity contribution is 5.33. The zero-order chi connectivity index (χ0) is 15.2. The summed E-state index contributed by atoms with van der Waals surface area (Å²) in [6, 6.07) is 14.4. The SMILES string of the molecule is Nc1ccnc(COc2ccc(Oc3ccccn3)cc2)n1. The predicted octanol–water partition coefficient (Wildman–Crippen LogP) is 2.83. The van der Waals surface area contributed by atoms with E-state index in [1.807, 2.05) is 36.4 Å². The smallest absolute Gasteiger partial charge is 0.219 e. The molecule has 0 saturated heterocycles. The Hall–Kier alpha value is -3.15. The van der Waals surface area contributed by atoms with Gasteiger partial charge in [-0.1, -0.05) is 6.07 Å². The van der Waals surface area contributed by atoms with Gasteiger partial charge in [-0.3, -0.25) is 0 Å². The average Bonchev–Trinajstić information content (AvgIpc) is 2.55. The largest absolute Gasteiger partial charge is 0.486 e. The molecule has 1 aromatic carbocycles. The van der Waals surface area contributed by atoms with Gasteiger partial charge in [0.15, 0.2) is 5.82 Å². The number of pyridine rings is 1. The number of hydrogen-bond donors (Lipinski definition) is 1. The molecule has 0 radical (unpaired) electrons. The van der Waals surface area contributed by atoms with E-state index in [-0.39, 0.29) is 6.61 Å². The number of nitrogens with two attached hydrogens (primary N) is 1. The zero-order valence-electron chi connectivity index (χ0n) is 11.7. The van der Waals surface area contributed by atoms with E-state index in [9.17, 15) is 0 Å². The highest BCUT2D eigenvalue weighted by Crippen LogP contribution is 2.22. The van der Waals surface area contributed by atoms with Crippen molar-refractivity contribution in [1.29, 1.82) is 0 Å². The molecule has 0 aliphatic heterocycles. The third-order valence-electron chi connectivity index (χ3n) is 2.78. The van der Waals surface area contributed by atoms with Crippen LogP contribution in [0.4, 0.5) is 5.82 Å². The highest BCUT2D eigenvalue weighted by Gasteiger charge is 2.01. The fourth-order valence-corrected chi connectivity index (χ4v) is 1.76. The number of aromatic nitrogens is 3. The topological polar surface area (TPSA) is 83.2 Å². The normalized spacial score (nSPS) is 10.2. The van der Waals surface area contributed by atoms with Crippen LogP contribution in [-0.2, 0) is 6.61 Å². The van der Waals surface area contributed by atoms with Crippen LogP contribution in [0.5, 0.6) is 17.4 Å². The van der Waals surface area contributed by atoms with Gasteiger partial charge in [0.05, 0.1) is 0 Å². The molecule has 0 spiro atoms. The van der Waals surface area contributed by atoms with Crippen LogP contribution in [-0.4, -0.2) is 15.0 Å². The van der Waals surface area contributed by atoms with E-state index < -0.39 is 0 Å². The third-order valence-corrected chi connectivity index (χ3v) is 2.78. The van der Waals surface area contributed by atoms with Crippen LogP contribution in [0.3, 0.4) is 0 Å². The molecule has 0 aliphatic rings. The number of hydrogen-bond acceptors (Lipinski definition) is 6. The van der Waals surface area contributed by atoms with Crippen molar-refractivity contribution in [3.8, 4) is 17.4 Å². The van der Waals surface area contributed by atoms with Crippen molar-refractivity contribution in [3.63, 3.8) is 0 Å². The number of benzene rings is 1. The summed E-state index contributed by atoms with van der Waals surface area (Å²) in [6.45, 7) is 0.255. The minimum atomic E-state index is 0.255. The van der Waals surface area contributed by atoms with E-state index >= 15 is 0 Å². The Bertz CT molecular complexity index is 733. The second-order valence-corrected chi connectivity index (χ2v) is 4.43. The molecule has 3 aromatic rings. The second kappa shape index (κ2) is 6.53. The Kier molecular flexibility index (Phi) is 4.10. The van der Waals surface area contributed by atoms with E-state index in [4.69, 9.17) is 15.2 Å². The zero-order valence-corrected chi connectivity index (χ0v) is 11.7. The van der Waals surface area contributed by atoms with Gasteiger partial charge in [0.1, 0.15) is 23.9 Å². The maximum atomic E-state index is 5.60. The van der Waals surface area contributed by atoms with Gasteiger partial charge in [-0.2, -0.15) is 0 Å². The third kappa shape index (κ3) is 3.69. The number of rotatable bonds is 5. The lowest BCUT2D eigenvalue weighted by Gasteiger charge is -2.07. The van der Waals surface area contributed by atoms with Crippen LogP contribution in [0.25, 0.3) is 0 Å². The van der Waals surface area contributed by atoms with E-state index in [1.54, 1.807) is 24.5 Å². The van der Waals surface area contributed by atoms with Crippen molar-refractivity contribution >= 4 is 5.82 Å². The number of nitrogen functional groups attached to an aromatic ring is 1. The first kappa shape index (κ1) is 13.8. The van der Waals surface area contributed by atoms with Crippen LogP contribution in [0, 0.1) is 0 Å². The molecule has 0 saturated carbocycles. The number of ether oxygens (including phenoxy) is 2. The standard InChI is InChI=1S/C16H14N4O2/c17-14-8-10-18-15(20-14)11-21-12-4-6-13(7-5-12)22-16-3-1-2-9-19-16/h1-10H,11H2,(H2,17,18,20). The van der Waals surface area contributed by atoms with E-state index in [1.165, 1.54) is 0 Å². The lowest BCUT2D eigenvalue weighted by atomic mass is 10.3. The molecule has 0 bridgehead atoms. The highest BCUT2D eigenvalue weighted by atomic mass is 16.5. The lowest BCUT2D eigenvalue weighted by molar-refractivity contribution is 0.295. The van der Waals surface area contributed by atoms with E-state index in [2.05, 4.69) is 15.0 Å². The summed E-state index contributed by atoms with van der Waals surface area (Å²) in [5.74, 6) is 2.89. The van der Waals surface area contributed by atoms with Gasteiger partial charge in [-0.05, 0) is 36.4 Å². The van der Waals surface area contributed by atoms with Crippen molar-refractivity contribution in [2.75, 3.05) is 5.73 Å². The molecule has 22 heavy (non-hydrogen) atoms. The second-order valence-electron chi connectivity index (χ2n) is 4.43. The number of nitrogens with zero attached hydrogens (tertiary/aromatic N) is 3. The van der Waals surface area contributed by atoms with Gasteiger partial charge < -0.3 is 15.2 Å². The van der Waals surface area contributed by atoms with Crippen molar-refractivity contribution in [3.05, 3.63) is 66.7 Å². The van der Waals surface area contributed by atoms with Crippen molar-refractivity contribution in [1.82, 2.24) is 15.0 Å². The summed E-state index contributed by atoms with van der Waals surface area (Å²) in [4.78, 5) is 12.2. The lowest BCUT2D eigenvalue weighted by Crippen LogP contribution is -2.03. The van der Waals surface area contributed by atoms with Crippen LogP contribution in [0.15, 0.2) is 60.9 Å². The summed E-state index contributed by atoms with van der Waals surface area (Å²) >= 11 is 0. The van der Waals surface area contributed by atoms with E-state index in [0.29, 0.717) is 29.0 Å². The molecular weight excluding hydrogens is 280 g/mol. The van der Waals surface area contributed by atoms with Gasteiger partial charge in [0, 0.05) is 18.5 Å². The molecule has 3 rings (SSSR count). The Labute approximate surface area is 127 Å². The fraction of sp³-hybridized carbons (Fsp3) is 0.0625. The van der Waals surface area contributed by atoms with E-state index in [0.717, 1.165) is 0 Å². The molecule has 0 unspecified atom stereocenters. The molecule has 2 heterocycles. The first-order valence-electron chi connectivity index (χ1n) is 6.69. The first-order chi connectivity index (χ1) is 10.8. The van der Waals surface area contributed by atoms with Gasteiger partial charge in [0.25, 0.3) is 0 Å². The molecule has 110 valence electrons. The van der Waals surface area contributed by atoms with Crippen molar-refractivity contribution < 1.29 is 9.47 Å². The Morgan fingerprint density at radius 2 is 1.68 bits per heavy atom. The van der Waals surface area contributed by atoms with Gasteiger partial charge in [0.2, 0.25) is 5.88 Å². The minimum absolute atomic E-state index is 0.255. The van der Waals surface area contributed by atoms with Gasteiger partial charge in [-0.25, -0.2) is 15.0 Å². The molecule has 6 heteroatoms. The molecule has 0 fully saturated rings. The maximum Gasteiger partial charge on any atom is 0.219 e. The fourth-order valence-electron chi connectivity index (χ4n) is 1.76. The summed E-state index contributed by atoms with van der Waals surface area (Å²) in [5.41, 5.74) is 5.59. The number of anilines is 1. The van der Waals surface area contributed by atoms with Crippen LogP contribution >= 0.6 is 0 Å². The Balaban J connectivity index is 1.60. The average molecular weight is 294 g/mol. The minimum Gasteiger partial charge on any atom is -0.486 e. The molecule has 6 nitrogen and oxygen atoms in total. The molecular formula is C16H14N4O2. The van der Waals surface area contributed by atoms with Gasteiger partial charge >= 0.3 is 0 Å². The molecule has 0 amide bonds. The van der Waals surface area contributed by atoms with Crippen LogP contribution < -0.4 is 15.2 Å².